The van der Waals surface area contributed by atoms with E-state index in [2.05, 4.69) is 10.4 Å². The first-order chi connectivity index (χ1) is 12.0. The number of hydrogen-bond donors (Lipinski definition) is 1. The van der Waals surface area contributed by atoms with Gasteiger partial charge in [0.05, 0.1) is 5.69 Å². The molecule has 0 saturated carbocycles. The molecule has 3 rings (SSSR count). The number of nitrogens with zero attached hydrogens (tertiary/aromatic N) is 2. The van der Waals surface area contributed by atoms with Crippen molar-refractivity contribution in [2.24, 2.45) is 7.05 Å². The van der Waals surface area contributed by atoms with Gasteiger partial charge in [0.15, 0.2) is 5.94 Å². The summed E-state index contributed by atoms with van der Waals surface area (Å²) in [6.45, 7) is 3.75. The first kappa shape index (κ1) is 16.7. The summed E-state index contributed by atoms with van der Waals surface area (Å²) in [7, 11) is 1.80. The predicted octanol–water partition coefficient (Wildman–Crippen LogP) is 4.13. The second-order valence-corrected chi connectivity index (χ2v) is 5.91. The smallest absolute Gasteiger partial charge is 0.151 e. The number of carbonyl (C=O) groups excluding carboxylic acids is 1. The second kappa shape index (κ2) is 6.75. The Labute approximate surface area is 145 Å². The fraction of sp³-hybridized carbons (Fsp3) is 0.150. The molecular formula is C20H18FN3O. The largest absolute Gasteiger partial charge is 0.346 e. The summed E-state index contributed by atoms with van der Waals surface area (Å²) in [5.74, 6) is 1.53. The van der Waals surface area contributed by atoms with Gasteiger partial charge in [-0.15, -0.1) is 0 Å². The highest BCUT2D eigenvalue weighted by atomic mass is 19.1. The molecule has 5 heteroatoms. The van der Waals surface area contributed by atoms with Crippen molar-refractivity contribution in [3.05, 3.63) is 71.3 Å². The van der Waals surface area contributed by atoms with Crippen molar-refractivity contribution in [1.29, 1.82) is 0 Å². The van der Waals surface area contributed by atoms with Crippen molar-refractivity contribution in [2.45, 2.75) is 13.8 Å². The molecule has 0 atom stereocenters. The monoisotopic (exact) mass is 335 g/mol. The Morgan fingerprint density at radius 2 is 1.92 bits per heavy atom. The molecule has 25 heavy (non-hydrogen) atoms. The summed E-state index contributed by atoms with van der Waals surface area (Å²) in [5, 5.41) is 7.20. The Morgan fingerprint density at radius 3 is 2.52 bits per heavy atom. The third kappa shape index (κ3) is 3.37. The molecule has 0 aliphatic carbocycles. The first-order valence-corrected chi connectivity index (χ1v) is 7.88. The summed E-state index contributed by atoms with van der Waals surface area (Å²) in [4.78, 5) is 11.4. The van der Waals surface area contributed by atoms with Gasteiger partial charge in [0.25, 0.3) is 0 Å². The third-order valence-electron chi connectivity index (χ3n) is 4.06. The van der Waals surface area contributed by atoms with Crippen LogP contribution in [-0.4, -0.2) is 15.7 Å². The van der Waals surface area contributed by atoms with Gasteiger partial charge >= 0.3 is 0 Å². The molecule has 0 bridgehead atoms. The summed E-state index contributed by atoms with van der Waals surface area (Å²) < 4.78 is 16.2. The van der Waals surface area contributed by atoms with Gasteiger partial charge in [-0.3, -0.25) is 4.68 Å². The van der Waals surface area contributed by atoms with Crippen LogP contribution in [-0.2, 0) is 11.8 Å². The average molecular weight is 335 g/mol. The van der Waals surface area contributed by atoms with Crippen LogP contribution in [0.2, 0.25) is 0 Å². The minimum absolute atomic E-state index is 0.280. The zero-order valence-electron chi connectivity index (χ0n) is 14.3. The number of nitrogens with one attached hydrogen (secondary N) is 1. The van der Waals surface area contributed by atoms with Crippen LogP contribution in [0, 0.1) is 19.7 Å². The molecular weight excluding hydrogens is 317 g/mol. The number of rotatable bonds is 4. The van der Waals surface area contributed by atoms with E-state index in [-0.39, 0.29) is 11.5 Å². The minimum Gasteiger partial charge on any atom is -0.346 e. The van der Waals surface area contributed by atoms with Crippen LogP contribution in [0.25, 0.3) is 16.8 Å². The highest BCUT2D eigenvalue weighted by Crippen LogP contribution is 2.28. The van der Waals surface area contributed by atoms with Crippen LogP contribution in [0.3, 0.4) is 0 Å². The normalized spacial score (nSPS) is 10.4. The lowest BCUT2D eigenvalue weighted by molar-refractivity contribution is 0.569. The number of anilines is 1. The van der Waals surface area contributed by atoms with Crippen molar-refractivity contribution in [2.75, 3.05) is 5.32 Å². The molecule has 1 N–H and O–H groups in total. The Balaban J connectivity index is 1.92. The molecule has 1 heterocycles. The van der Waals surface area contributed by atoms with E-state index < -0.39 is 0 Å². The number of halogens is 1. The van der Waals surface area contributed by atoms with Crippen LogP contribution in [0.5, 0.6) is 0 Å². The molecule has 3 aromatic rings. The second-order valence-electron chi connectivity index (χ2n) is 5.91. The van der Waals surface area contributed by atoms with Crippen molar-refractivity contribution in [3.63, 3.8) is 0 Å². The number of aromatic nitrogens is 2. The van der Waals surface area contributed by atoms with Crippen molar-refractivity contribution in [1.82, 2.24) is 9.78 Å². The molecule has 0 aliphatic heterocycles. The van der Waals surface area contributed by atoms with Gasteiger partial charge in [-0.05, 0) is 37.6 Å². The van der Waals surface area contributed by atoms with Crippen molar-refractivity contribution < 1.29 is 9.18 Å². The Morgan fingerprint density at radius 1 is 1.16 bits per heavy atom. The molecule has 0 unspecified atom stereocenters. The highest BCUT2D eigenvalue weighted by Gasteiger charge is 2.13. The van der Waals surface area contributed by atoms with Gasteiger partial charge in [-0.25, -0.2) is 9.18 Å². The molecule has 2 aromatic carbocycles. The van der Waals surface area contributed by atoms with Gasteiger partial charge in [0.2, 0.25) is 0 Å². The van der Waals surface area contributed by atoms with E-state index in [1.54, 1.807) is 30.1 Å². The molecule has 0 aliphatic rings. The van der Waals surface area contributed by atoms with Crippen LogP contribution in [0.15, 0.2) is 48.7 Å². The Hall–Kier alpha value is -3.17. The minimum atomic E-state index is -0.379. The zero-order valence-corrected chi connectivity index (χ0v) is 14.3. The van der Waals surface area contributed by atoms with Gasteiger partial charge < -0.3 is 5.32 Å². The lowest BCUT2D eigenvalue weighted by Crippen LogP contribution is -2.02. The topological polar surface area (TPSA) is 46.9 Å². The lowest BCUT2D eigenvalue weighted by atomic mass is 10.0. The maximum atomic E-state index is 14.6. The molecule has 0 saturated heterocycles. The molecule has 126 valence electrons. The average Bonchev–Trinajstić information content (AvgIpc) is 2.92. The number of benzene rings is 2. The maximum absolute atomic E-state index is 14.6. The van der Waals surface area contributed by atoms with Gasteiger partial charge in [0, 0.05) is 35.6 Å². The molecule has 0 radical (unpaired) electrons. The fourth-order valence-electron chi connectivity index (χ4n) is 2.82. The number of hydrogen-bond acceptors (Lipinski definition) is 3. The standard InChI is InChI=1S/C20H18FN3O/c1-13-6-4-5-7-16(13)20(12-25)22-15-8-9-17(19(21)10-15)18-11-24(3)23-14(18)2/h4-11,22H,1-3H3. The van der Waals surface area contributed by atoms with Crippen LogP contribution < -0.4 is 5.32 Å². The van der Waals surface area contributed by atoms with E-state index in [9.17, 15) is 9.18 Å². The summed E-state index contributed by atoms with van der Waals surface area (Å²) >= 11 is 0. The van der Waals surface area contributed by atoms with Gasteiger partial charge in [-0.2, -0.15) is 5.10 Å². The summed E-state index contributed by atoms with van der Waals surface area (Å²) in [6.07, 6.45) is 1.78. The fourth-order valence-corrected chi connectivity index (χ4v) is 2.82. The van der Waals surface area contributed by atoms with Crippen LogP contribution in [0.4, 0.5) is 10.1 Å². The third-order valence-corrected chi connectivity index (χ3v) is 4.06. The van der Waals surface area contributed by atoms with E-state index in [1.165, 1.54) is 6.07 Å². The number of aryl methyl sites for hydroxylation is 3. The van der Waals surface area contributed by atoms with E-state index in [1.807, 2.05) is 44.1 Å². The molecule has 0 fully saturated rings. The van der Waals surface area contributed by atoms with Gasteiger partial charge in [0.1, 0.15) is 11.5 Å². The predicted molar refractivity (Wildman–Crippen MR) is 97.2 cm³/mol. The summed E-state index contributed by atoms with van der Waals surface area (Å²) in [6, 6.07) is 12.3. The lowest BCUT2D eigenvalue weighted by Gasteiger charge is -2.11. The van der Waals surface area contributed by atoms with Crippen molar-refractivity contribution >= 4 is 17.3 Å². The van der Waals surface area contributed by atoms with E-state index >= 15 is 0 Å². The van der Waals surface area contributed by atoms with Gasteiger partial charge in [-0.1, -0.05) is 24.3 Å². The molecule has 1 aromatic heterocycles. The summed E-state index contributed by atoms with van der Waals surface area (Å²) in [5.41, 5.74) is 4.43. The van der Waals surface area contributed by atoms with E-state index in [4.69, 9.17) is 0 Å². The molecule has 4 nitrogen and oxygen atoms in total. The Kier molecular flexibility index (Phi) is 4.50. The van der Waals surface area contributed by atoms with Crippen LogP contribution >= 0.6 is 0 Å². The van der Waals surface area contributed by atoms with E-state index in [0.29, 0.717) is 11.3 Å². The zero-order chi connectivity index (χ0) is 18.0. The van der Waals surface area contributed by atoms with Crippen LogP contribution in [0.1, 0.15) is 16.8 Å². The van der Waals surface area contributed by atoms with E-state index in [0.717, 1.165) is 22.4 Å². The maximum Gasteiger partial charge on any atom is 0.151 e. The Bertz CT molecular complexity index is 984. The molecule has 0 spiro atoms. The highest BCUT2D eigenvalue weighted by molar-refractivity contribution is 5.94. The quantitative estimate of drug-likeness (QED) is 0.729. The SMILES string of the molecule is Cc1ccccc1C(=C=O)Nc1ccc(-c2cn(C)nc2C)c(F)c1. The van der Waals surface area contributed by atoms with Crippen molar-refractivity contribution in [3.8, 4) is 11.1 Å². The molecule has 0 amide bonds. The first-order valence-electron chi connectivity index (χ1n) is 7.88.